The van der Waals surface area contributed by atoms with E-state index in [0.717, 1.165) is 16.9 Å². The van der Waals surface area contributed by atoms with Gasteiger partial charge < -0.3 is 9.64 Å². The first-order chi connectivity index (χ1) is 12.2. The molecule has 0 fully saturated rings. The molecule has 3 rings (SSSR count). The first-order valence-corrected chi connectivity index (χ1v) is 8.13. The van der Waals surface area contributed by atoms with Gasteiger partial charge in [-0.1, -0.05) is 36.4 Å². The van der Waals surface area contributed by atoms with Gasteiger partial charge in [-0.05, 0) is 41.5 Å². The van der Waals surface area contributed by atoms with Gasteiger partial charge in [-0.25, -0.2) is 0 Å². The fourth-order valence-corrected chi connectivity index (χ4v) is 2.48. The van der Waals surface area contributed by atoms with Crippen LogP contribution >= 0.6 is 0 Å². The van der Waals surface area contributed by atoms with Gasteiger partial charge >= 0.3 is 0 Å². The van der Waals surface area contributed by atoms with Gasteiger partial charge in [-0.2, -0.15) is 0 Å². The standard InChI is InChI=1S/C21H20N2O2/c1-23(15-18-6-5-13-22-14-18)21(24)19-11-9-17(10-12-19)16-25-20-7-3-2-4-8-20/h2-14H,15-16H2,1H3. The Balaban J connectivity index is 1.58. The van der Waals surface area contributed by atoms with Crippen molar-refractivity contribution in [2.75, 3.05) is 7.05 Å². The van der Waals surface area contributed by atoms with E-state index in [-0.39, 0.29) is 5.91 Å². The highest BCUT2D eigenvalue weighted by molar-refractivity contribution is 5.94. The number of carbonyl (C=O) groups is 1. The van der Waals surface area contributed by atoms with E-state index in [9.17, 15) is 4.79 Å². The van der Waals surface area contributed by atoms with Gasteiger partial charge in [0.1, 0.15) is 12.4 Å². The molecule has 0 atom stereocenters. The van der Waals surface area contributed by atoms with Crippen molar-refractivity contribution in [1.82, 2.24) is 9.88 Å². The number of hydrogen-bond donors (Lipinski definition) is 0. The van der Waals surface area contributed by atoms with Gasteiger partial charge in [0.25, 0.3) is 5.91 Å². The number of ether oxygens (including phenoxy) is 1. The highest BCUT2D eigenvalue weighted by atomic mass is 16.5. The van der Waals surface area contributed by atoms with E-state index in [4.69, 9.17) is 4.74 Å². The van der Waals surface area contributed by atoms with Crippen LogP contribution in [0.2, 0.25) is 0 Å². The Hall–Kier alpha value is -3.14. The highest BCUT2D eigenvalue weighted by Crippen LogP contribution is 2.13. The molecule has 0 aliphatic rings. The van der Waals surface area contributed by atoms with Gasteiger partial charge in [0.15, 0.2) is 0 Å². The summed E-state index contributed by atoms with van der Waals surface area (Å²) in [5.74, 6) is 0.818. The molecule has 0 bridgehead atoms. The minimum atomic E-state index is -0.0145. The summed E-state index contributed by atoms with van der Waals surface area (Å²) in [6, 6.07) is 21.0. The number of nitrogens with zero attached hydrogens (tertiary/aromatic N) is 2. The third kappa shape index (κ3) is 4.67. The number of benzene rings is 2. The second-order valence-corrected chi connectivity index (χ2v) is 5.82. The van der Waals surface area contributed by atoms with Crippen molar-refractivity contribution < 1.29 is 9.53 Å². The van der Waals surface area contributed by atoms with Crippen molar-refractivity contribution in [1.29, 1.82) is 0 Å². The maximum Gasteiger partial charge on any atom is 0.253 e. The number of hydrogen-bond acceptors (Lipinski definition) is 3. The molecule has 2 aromatic carbocycles. The SMILES string of the molecule is CN(Cc1cccnc1)C(=O)c1ccc(COc2ccccc2)cc1. The molecule has 0 N–H and O–H groups in total. The van der Waals surface area contributed by atoms with Gasteiger partial charge in [-0.15, -0.1) is 0 Å². The summed E-state index contributed by atoms with van der Waals surface area (Å²) in [5, 5.41) is 0. The van der Waals surface area contributed by atoms with Crippen LogP contribution in [0.3, 0.4) is 0 Å². The fourth-order valence-electron chi connectivity index (χ4n) is 2.48. The Morgan fingerprint density at radius 1 is 0.960 bits per heavy atom. The molecule has 1 heterocycles. The molecule has 25 heavy (non-hydrogen) atoms. The molecule has 4 heteroatoms. The third-order valence-electron chi connectivity index (χ3n) is 3.84. The average molecular weight is 332 g/mol. The molecule has 1 aromatic heterocycles. The maximum atomic E-state index is 12.5. The van der Waals surface area contributed by atoms with Crippen LogP contribution in [0.15, 0.2) is 79.1 Å². The van der Waals surface area contributed by atoms with Gasteiger partial charge in [0.2, 0.25) is 0 Å². The van der Waals surface area contributed by atoms with E-state index in [2.05, 4.69) is 4.98 Å². The molecule has 0 saturated heterocycles. The Labute approximate surface area is 147 Å². The molecular weight excluding hydrogens is 312 g/mol. The zero-order valence-electron chi connectivity index (χ0n) is 14.1. The zero-order chi connectivity index (χ0) is 17.5. The predicted octanol–water partition coefficient (Wildman–Crippen LogP) is 3.93. The van der Waals surface area contributed by atoms with Gasteiger partial charge in [0.05, 0.1) is 0 Å². The summed E-state index contributed by atoms with van der Waals surface area (Å²) in [7, 11) is 1.79. The van der Waals surface area contributed by atoms with E-state index >= 15 is 0 Å². The third-order valence-corrected chi connectivity index (χ3v) is 3.84. The number of rotatable bonds is 6. The van der Waals surface area contributed by atoms with E-state index in [1.807, 2.05) is 66.7 Å². The summed E-state index contributed by atoms with van der Waals surface area (Å²) in [6.45, 7) is 1.01. The lowest BCUT2D eigenvalue weighted by atomic mass is 10.1. The summed E-state index contributed by atoms with van der Waals surface area (Å²) in [5.41, 5.74) is 2.69. The largest absolute Gasteiger partial charge is 0.489 e. The monoisotopic (exact) mass is 332 g/mol. The molecule has 1 amide bonds. The van der Waals surface area contributed by atoms with Crippen LogP contribution in [0, 0.1) is 0 Å². The van der Waals surface area contributed by atoms with Crippen LogP contribution in [0.5, 0.6) is 5.75 Å². The molecule has 0 saturated carbocycles. The number of amides is 1. The zero-order valence-corrected chi connectivity index (χ0v) is 14.1. The van der Waals surface area contributed by atoms with Crippen LogP contribution in [0.25, 0.3) is 0 Å². The average Bonchev–Trinajstić information content (AvgIpc) is 2.68. The molecular formula is C21H20N2O2. The van der Waals surface area contributed by atoms with Crippen LogP contribution in [0.1, 0.15) is 21.5 Å². The lowest BCUT2D eigenvalue weighted by Crippen LogP contribution is -2.26. The van der Waals surface area contributed by atoms with E-state index < -0.39 is 0 Å². The van der Waals surface area contributed by atoms with Crippen LogP contribution < -0.4 is 4.74 Å². The van der Waals surface area contributed by atoms with E-state index in [1.54, 1.807) is 24.3 Å². The minimum Gasteiger partial charge on any atom is -0.489 e. The quantitative estimate of drug-likeness (QED) is 0.687. The molecule has 0 unspecified atom stereocenters. The molecule has 3 aromatic rings. The first kappa shape index (κ1) is 16.7. The molecule has 0 aliphatic heterocycles. The lowest BCUT2D eigenvalue weighted by molar-refractivity contribution is 0.0785. The second-order valence-electron chi connectivity index (χ2n) is 5.82. The van der Waals surface area contributed by atoms with Crippen molar-refractivity contribution in [3.05, 3.63) is 95.8 Å². The number of aromatic nitrogens is 1. The predicted molar refractivity (Wildman–Crippen MR) is 97.3 cm³/mol. The van der Waals surface area contributed by atoms with Crippen molar-refractivity contribution in [2.45, 2.75) is 13.2 Å². The van der Waals surface area contributed by atoms with E-state index in [0.29, 0.717) is 18.7 Å². The van der Waals surface area contributed by atoms with Gasteiger partial charge in [0, 0.05) is 31.5 Å². The van der Waals surface area contributed by atoms with Crippen molar-refractivity contribution in [2.24, 2.45) is 0 Å². The summed E-state index contributed by atoms with van der Waals surface area (Å²) >= 11 is 0. The molecule has 0 aliphatic carbocycles. The maximum absolute atomic E-state index is 12.5. The van der Waals surface area contributed by atoms with Crippen molar-refractivity contribution in [3.63, 3.8) is 0 Å². The molecule has 0 spiro atoms. The van der Waals surface area contributed by atoms with Crippen molar-refractivity contribution >= 4 is 5.91 Å². The smallest absolute Gasteiger partial charge is 0.253 e. The van der Waals surface area contributed by atoms with Crippen LogP contribution in [-0.4, -0.2) is 22.8 Å². The normalized spacial score (nSPS) is 10.3. The van der Waals surface area contributed by atoms with E-state index in [1.165, 1.54) is 0 Å². The topological polar surface area (TPSA) is 42.4 Å². The fraction of sp³-hybridized carbons (Fsp3) is 0.143. The number of carbonyl (C=O) groups excluding carboxylic acids is 1. The molecule has 4 nitrogen and oxygen atoms in total. The van der Waals surface area contributed by atoms with Crippen LogP contribution in [0.4, 0.5) is 0 Å². The number of pyridine rings is 1. The Bertz CT molecular complexity index is 802. The Morgan fingerprint density at radius 3 is 2.40 bits per heavy atom. The summed E-state index contributed by atoms with van der Waals surface area (Å²) < 4.78 is 5.72. The molecule has 0 radical (unpaired) electrons. The number of para-hydroxylation sites is 1. The van der Waals surface area contributed by atoms with Crippen LogP contribution in [-0.2, 0) is 13.2 Å². The second kappa shape index (κ2) is 8.11. The van der Waals surface area contributed by atoms with Crippen molar-refractivity contribution in [3.8, 4) is 5.75 Å². The molecule has 126 valence electrons. The minimum absolute atomic E-state index is 0.0145. The lowest BCUT2D eigenvalue weighted by Gasteiger charge is -2.17. The highest BCUT2D eigenvalue weighted by Gasteiger charge is 2.12. The first-order valence-electron chi connectivity index (χ1n) is 8.13. The summed E-state index contributed by atoms with van der Waals surface area (Å²) in [6.07, 6.45) is 3.50. The Kier molecular flexibility index (Phi) is 5.42. The van der Waals surface area contributed by atoms with Gasteiger partial charge in [-0.3, -0.25) is 9.78 Å². The summed E-state index contributed by atoms with van der Waals surface area (Å²) in [4.78, 5) is 18.3. The Morgan fingerprint density at radius 2 is 1.72 bits per heavy atom.